The van der Waals surface area contributed by atoms with Gasteiger partial charge >= 0.3 is 0 Å². The largest absolute Gasteiger partial charge is 0.490 e. The normalized spacial score (nSPS) is 16.8. The molecule has 2 aliphatic carbocycles. The topological polar surface area (TPSA) is 35.0 Å². The number of hydrogen-bond acceptors (Lipinski definition) is 3. The fraction of sp³-hybridized carbons (Fsp3) is 0.706. The number of ether oxygens (including phenoxy) is 1. The molecule has 1 atom stereocenters. The Morgan fingerprint density at radius 2 is 1.46 bits per heavy atom. The molecule has 1 fully saturated rings. The fourth-order valence-corrected chi connectivity index (χ4v) is 5.96. The molecule has 0 amide bonds. The molecule has 0 aliphatic heterocycles. The lowest BCUT2D eigenvalue weighted by Gasteiger charge is -2.25. The van der Waals surface area contributed by atoms with Gasteiger partial charge in [0.1, 0.15) is 5.82 Å². The summed E-state index contributed by atoms with van der Waals surface area (Å²) < 4.78 is 35.5. The molecule has 2 aliphatic rings. The maximum absolute atomic E-state index is 15.0. The number of unbranched alkanes of at least 4 members (excludes halogenated alkanes) is 11. The number of benzene rings is 1. The highest BCUT2D eigenvalue weighted by Crippen LogP contribution is 2.37. The Balaban J connectivity index is 1.17. The second-order valence-corrected chi connectivity index (χ2v) is 12.1. The molecular weight excluding hydrogens is 490 g/mol. The molecule has 0 N–H and O–H groups in total. The van der Waals surface area contributed by atoms with E-state index >= 15 is 4.39 Å². The smallest absolute Gasteiger partial charge is 0.200 e. The first-order valence-electron chi connectivity index (χ1n) is 16.1. The van der Waals surface area contributed by atoms with Crippen LogP contribution in [0.25, 0.3) is 0 Å². The van der Waals surface area contributed by atoms with Gasteiger partial charge in [0.05, 0.1) is 6.61 Å². The summed E-state index contributed by atoms with van der Waals surface area (Å²) in [5.41, 5.74) is 2.50. The molecule has 0 bridgehead atoms. The molecule has 0 saturated heterocycles. The lowest BCUT2D eigenvalue weighted by molar-refractivity contribution is 0.283. The van der Waals surface area contributed by atoms with Crippen LogP contribution in [0.2, 0.25) is 0 Å². The van der Waals surface area contributed by atoms with E-state index < -0.39 is 11.6 Å². The molecule has 4 rings (SSSR count). The molecular formula is C34H50F2N2O. The van der Waals surface area contributed by atoms with E-state index in [4.69, 9.17) is 4.74 Å². The number of aryl methyl sites for hydroxylation is 2. The van der Waals surface area contributed by atoms with Crippen LogP contribution in [0.15, 0.2) is 18.5 Å². The molecule has 1 saturated carbocycles. The van der Waals surface area contributed by atoms with Gasteiger partial charge in [-0.3, -0.25) is 0 Å². The quantitative estimate of drug-likeness (QED) is 0.166. The molecule has 1 heterocycles. The Morgan fingerprint density at radius 3 is 2.18 bits per heavy atom. The number of fused-ring (bicyclic) bond motifs is 1. The highest BCUT2D eigenvalue weighted by molar-refractivity contribution is 5.41. The summed E-state index contributed by atoms with van der Waals surface area (Å²) in [5.74, 6) is 0.301. The number of rotatable bonds is 19. The first-order chi connectivity index (χ1) is 19.2. The van der Waals surface area contributed by atoms with Gasteiger partial charge in [-0.1, -0.05) is 96.8 Å². The maximum atomic E-state index is 15.0. The van der Waals surface area contributed by atoms with E-state index in [2.05, 4.69) is 16.9 Å². The van der Waals surface area contributed by atoms with E-state index in [1.807, 2.05) is 12.4 Å². The van der Waals surface area contributed by atoms with E-state index in [0.29, 0.717) is 25.0 Å². The summed E-state index contributed by atoms with van der Waals surface area (Å²) in [7, 11) is 0. The van der Waals surface area contributed by atoms with Crippen LogP contribution in [0.1, 0.15) is 145 Å². The fourth-order valence-electron chi connectivity index (χ4n) is 5.96. The van der Waals surface area contributed by atoms with Gasteiger partial charge in [-0.05, 0) is 67.2 Å². The summed E-state index contributed by atoms with van der Waals surface area (Å²) >= 11 is 0. The first-order valence-corrected chi connectivity index (χ1v) is 16.1. The Kier molecular flexibility index (Phi) is 12.5. The van der Waals surface area contributed by atoms with Gasteiger partial charge in [-0.25, -0.2) is 14.4 Å². The van der Waals surface area contributed by atoms with Gasteiger partial charge in [-0.2, -0.15) is 4.39 Å². The van der Waals surface area contributed by atoms with E-state index in [1.54, 1.807) is 6.07 Å². The predicted molar refractivity (Wildman–Crippen MR) is 155 cm³/mol. The van der Waals surface area contributed by atoms with Crippen LogP contribution in [0.5, 0.6) is 5.75 Å². The number of halogens is 2. The van der Waals surface area contributed by atoms with E-state index in [9.17, 15) is 4.39 Å². The van der Waals surface area contributed by atoms with Gasteiger partial charge in [0.15, 0.2) is 11.6 Å². The standard InChI is InChI=1S/C34H50F2N2O/c1-2-3-4-5-11-14-21-39-31-23-28-19-20-29(22-30(28)32(35)33(31)36)34-37-24-27(25-38-34)16-13-10-8-6-7-9-12-15-26-17-18-26/h23-26,29H,2-22H2,1H3. The molecule has 0 spiro atoms. The van der Waals surface area contributed by atoms with Crippen molar-refractivity contribution in [2.75, 3.05) is 6.61 Å². The van der Waals surface area contributed by atoms with Crippen LogP contribution < -0.4 is 4.74 Å². The van der Waals surface area contributed by atoms with Gasteiger partial charge in [0, 0.05) is 18.3 Å². The molecule has 3 nitrogen and oxygen atoms in total. The molecule has 1 aromatic heterocycles. The summed E-state index contributed by atoms with van der Waals surface area (Å²) in [5, 5.41) is 0. The summed E-state index contributed by atoms with van der Waals surface area (Å²) in [6.45, 7) is 2.63. The van der Waals surface area contributed by atoms with Crippen molar-refractivity contribution in [3.8, 4) is 5.75 Å². The van der Waals surface area contributed by atoms with Crippen LogP contribution in [0, 0.1) is 17.6 Å². The van der Waals surface area contributed by atoms with E-state index in [-0.39, 0.29) is 11.7 Å². The zero-order valence-corrected chi connectivity index (χ0v) is 24.3. The second-order valence-electron chi connectivity index (χ2n) is 12.1. The molecule has 216 valence electrons. The van der Waals surface area contributed by atoms with E-state index in [1.165, 1.54) is 95.5 Å². The summed E-state index contributed by atoms with van der Waals surface area (Å²) in [4.78, 5) is 9.27. The SMILES string of the molecule is CCCCCCCCOc1cc2c(c(F)c1F)CC(c1ncc(CCCCCCCCCC3CC3)cn1)CC2. The molecule has 1 unspecified atom stereocenters. The highest BCUT2D eigenvalue weighted by Gasteiger charge is 2.28. The molecule has 1 aromatic carbocycles. The first kappa shape index (κ1) is 29.9. The maximum Gasteiger partial charge on any atom is 0.200 e. The summed E-state index contributed by atoms with van der Waals surface area (Å²) in [6.07, 6.45) is 27.4. The van der Waals surface area contributed by atoms with Crippen LogP contribution in [-0.2, 0) is 19.3 Å². The summed E-state index contributed by atoms with van der Waals surface area (Å²) in [6, 6.07) is 1.72. The van der Waals surface area contributed by atoms with Gasteiger partial charge in [0.2, 0.25) is 5.82 Å². The predicted octanol–water partition coefficient (Wildman–Crippen LogP) is 9.84. The van der Waals surface area contributed by atoms with Gasteiger partial charge in [-0.15, -0.1) is 0 Å². The van der Waals surface area contributed by atoms with Crippen molar-refractivity contribution in [1.29, 1.82) is 0 Å². The molecule has 2 aromatic rings. The number of nitrogens with zero attached hydrogens (tertiary/aromatic N) is 2. The number of hydrogen-bond donors (Lipinski definition) is 0. The Labute approximate surface area is 235 Å². The lowest BCUT2D eigenvalue weighted by Crippen LogP contribution is -2.18. The zero-order valence-electron chi connectivity index (χ0n) is 24.3. The minimum Gasteiger partial charge on any atom is -0.490 e. The monoisotopic (exact) mass is 540 g/mol. The molecule has 0 radical (unpaired) electrons. The molecule has 5 heteroatoms. The second kappa shape index (κ2) is 16.3. The van der Waals surface area contributed by atoms with Gasteiger partial charge in [0.25, 0.3) is 0 Å². The lowest BCUT2D eigenvalue weighted by atomic mass is 9.83. The number of aromatic nitrogens is 2. The van der Waals surface area contributed by atoms with Crippen molar-refractivity contribution in [2.45, 2.75) is 141 Å². The highest BCUT2D eigenvalue weighted by atomic mass is 19.2. The van der Waals surface area contributed by atoms with E-state index in [0.717, 1.165) is 43.0 Å². The van der Waals surface area contributed by atoms with Crippen LogP contribution in [0.3, 0.4) is 0 Å². The van der Waals surface area contributed by atoms with Crippen LogP contribution in [0.4, 0.5) is 8.78 Å². The third kappa shape index (κ3) is 9.83. The Morgan fingerprint density at radius 1 is 0.795 bits per heavy atom. The van der Waals surface area contributed by atoms with Crippen LogP contribution >= 0.6 is 0 Å². The van der Waals surface area contributed by atoms with Crippen molar-refractivity contribution >= 4 is 0 Å². The third-order valence-corrected chi connectivity index (χ3v) is 8.70. The minimum absolute atomic E-state index is 0.0234. The van der Waals surface area contributed by atoms with Crippen molar-refractivity contribution in [2.24, 2.45) is 5.92 Å². The zero-order chi connectivity index (χ0) is 27.3. The van der Waals surface area contributed by atoms with Crippen molar-refractivity contribution in [1.82, 2.24) is 9.97 Å². The minimum atomic E-state index is -0.852. The van der Waals surface area contributed by atoms with Crippen LogP contribution in [-0.4, -0.2) is 16.6 Å². The average Bonchev–Trinajstić information content (AvgIpc) is 3.79. The molecule has 39 heavy (non-hydrogen) atoms. The Bertz CT molecular complexity index is 990. The van der Waals surface area contributed by atoms with Crippen molar-refractivity contribution < 1.29 is 13.5 Å². The van der Waals surface area contributed by atoms with Crippen molar-refractivity contribution in [3.63, 3.8) is 0 Å². The van der Waals surface area contributed by atoms with Gasteiger partial charge < -0.3 is 4.74 Å². The third-order valence-electron chi connectivity index (χ3n) is 8.70. The van der Waals surface area contributed by atoms with Crippen molar-refractivity contribution in [3.05, 3.63) is 52.6 Å². The Hall–Kier alpha value is -2.04. The average molecular weight is 541 g/mol.